The maximum atomic E-state index is 2.51. The molecule has 0 amide bonds. The monoisotopic (exact) mass is 210 g/mol. The molecule has 1 aliphatic carbocycles. The van der Waals surface area contributed by atoms with E-state index in [1.165, 1.54) is 6.42 Å². The topological polar surface area (TPSA) is 0 Å². The van der Waals surface area contributed by atoms with Gasteiger partial charge >= 0.3 is 0 Å². The minimum Gasteiger partial charge on any atom is -0.0625 e. The van der Waals surface area contributed by atoms with E-state index in [0.29, 0.717) is 10.8 Å². The highest BCUT2D eigenvalue weighted by molar-refractivity contribution is 5.04. The quantitative estimate of drug-likeness (QED) is 0.616. The Morgan fingerprint density at radius 3 is 1.87 bits per heavy atom. The molecule has 1 saturated carbocycles. The minimum atomic E-state index is 0.465. The van der Waals surface area contributed by atoms with Crippen molar-refractivity contribution in [1.29, 1.82) is 0 Å². The van der Waals surface area contributed by atoms with Gasteiger partial charge < -0.3 is 0 Å². The number of hydrogen-bond donors (Lipinski definition) is 0. The van der Waals surface area contributed by atoms with Gasteiger partial charge in [0.15, 0.2) is 0 Å². The highest BCUT2D eigenvalue weighted by Gasteiger charge is 2.56. The highest BCUT2D eigenvalue weighted by atomic mass is 14.6. The van der Waals surface area contributed by atoms with Gasteiger partial charge in [0.05, 0.1) is 0 Å². The van der Waals surface area contributed by atoms with E-state index in [1.807, 2.05) is 0 Å². The van der Waals surface area contributed by atoms with Crippen LogP contribution in [0, 0.1) is 34.5 Å². The minimum absolute atomic E-state index is 0.465. The van der Waals surface area contributed by atoms with E-state index < -0.39 is 0 Å². The second kappa shape index (κ2) is 3.79. The first kappa shape index (κ1) is 13.1. The first-order chi connectivity index (χ1) is 6.64. The normalized spacial score (nSPS) is 39.0. The largest absolute Gasteiger partial charge is 0.0625 e. The first-order valence-electron chi connectivity index (χ1n) is 6.64. The summed E-state index contributed by atoms with van der Waals surface area (Å²) in [6.45, 7) is 19.5. The van der Waals surface area contributed by atoms with Crippen LogP contribution in [-0.2, 0) is 0 Å². The molecular formula is C15H30. The summed E-state index contributed by atoms with van der Waals surface area (Å²) in [6, 6.07) is 0. The van der Waals surface area contributed by atoms with Crippen LogP contribution in [0.4, 0.5) is 0 Å². The summed E-state index contributed by atoms with van der Waals surface area (Å²) in [5, 5.41) is 0. The average molecular weight is 210 g/mol. The van der Waals surface area contributed by atoms with Crippen LogP contribution in [0.3, 0.4) is 0 Å². The summed E-state index contributed by atoms with van der Waals surface area (Å²) in [4.78, 5) is 0. The molecule has 0 N–H and O–H groups in total. The fraction of sp³-hybridized carbons (Fsp3) is 1.00. The van der Waals surface area contributed by atoms with Crippen LogP contribution in [0.1, 0.15) is 61.8 Å². The lowest BCUT2D eigenvalue weighted by molar-refractivity contribution is -0.133. The van der Waals surface area contributed by atoms with Crippen molar-refractivity contribution >= 4 is 0 Å². The third-order valence-electron chi connectivity index (χ3n) is 6.21. The highest BCUT2D eigenvalue weighted by Crippen LogP contribution is 2.63. The molecule has 4 atom stereocenters. The van der Waals surface area contributed by atoms with Gasteiger partial charge in [-0.3, -0.25) is 0 Å². The van der Waals surface area contributed by atoms with Gasteiger partial charge in [-0.15, -0.1) is 0 Å². The molecular weight excluding hydrogens is 180 g/mol. The standard InChI is InChI=1S/C15H30/c1-10(2)12(4)14(6,7)15(8)9-11(3)13(15)5/h10-13H,9H2,1-8H3. The molecule has 0 saturated heterocycles. The average Bonchev–Trinajstić information content (AvgIpc) is 2.15. The second-order valence-electron chi connectivity index (χ2n) is 7.14. The van der Waals surface area contributed by atoms with Gasteiger partial charge in [0.25, 0.3) is 0 Å². The molecule has 1 rings (SSSR count). The number of rotatable bonds is 3. The Morgan fingerprint density at radius 1 is 1.13 bits per heavy atom. The van der Waals surface area contributed by atoms with E-state index in [1.54, 1.807) is 0 Å². The Labute approximate surface area is 96.8 Å². The summed E-state index contributed by atoms with van der Waals surface area (Å²) >= 11 is 0. The van der Waals surface area contributed by atoms with E-state index in [0.717, 1.165) is 23.7 Å². The Kier molecular flexibility index (Phi) is 3.30. The second-order valence-corrected chi connectivity index (χ2v) is 7.14. The van der Waals surface area contributed by atoms with Crippen LogP contribution < -0.4 is 0 Å². The van der Waals surface area contributed by atoms with Gasteiger partial charge in [-0.05, 0) is 40.9 Å². The molecule has 0 aliphatic heterocycles. The molecule has 0 heteroatoms. The Balaban J connectivity index is 2.87. The van der Waals surface area contributed by atoms with E-state index in [-0.39, 0.29) is 0 Å². The molecule has 1 aliphatic rings. The lowest BCUT2D eigenvalue weighted by Crippen LogP contribution is -2.55. The summed E-state index contributed by atoms with van der Waals surface area (Å²) < 4.78 is 0. The molecule has 0 radical (unpaired) electrons. The third-order valence-corrected chi connectivity index (χ3v) is 6.21. The third kappa shape index (κ3) is 1.74. The first-order valence-corrected chi connectivity index (χ1v) is 6.64. The molecule has 0 heterocycles. The van der Waals surface area contributed by atoms with Crippen molar-refractivity contribution in [3.05, 3.63) is 0 Å². The van der Waals surface area contributed by atoms with E-state index in [9.17, 15) is 0 Å². The van der Waals surface area contributed by atoms with Gasteiger partial charge in [0, 0.05) is 0 Å². The van der Waals surface area contributed by atoms with Crippen molar-refractivity contribution in [2.45, 2.75) is 61.8 Å². The molecule has 90 valence electrons. The smallest absolute Gasteiger partial charge is 0.0241 e. The van der Waals surface area contributed by atoms with Crippen molar-refractivity contribution in [3.8, 4) is 0 Å². The zero-order valence-electron chi connectivity index (χ0n) is 12.0. The molecule has 0 aromatic heterocycles. The van der Waals surface area contributed by atoms with Gasteiger partial charge in [0.2, 0.25) is 0 Å². The maximum absolute atomic E-state index is 2.51. The molecule has 0 aromatic carbocycles. The Bertz CT molecular complexity index is 226. The van der Waals surface area contributed by atoms with Crippen molar-refractivity contribution in [3.63, 3.8) is 0 Å². The Hall–Kier alpha value is 0. The van der Waals surface area contributed by atoms with E-state index in [2.05, 4.69) is 55.4 Å². The van der Waals surface area contributed by atoms with E-state index >= 15 is 0 Å². The summed E-state index contributed by atoms with van der Waals surface area (Å²) in [5.41, 5.74) is 1.02. The van der Waals surface area contributed by atoms with Gasteiger partial charge in [-0.2, -0.15) is 0 Å². The summed E-state index contributed by atoms with van der Waals surface area (Å²) in [5.74, 6) is 3.40. The van der Waals surface area contributed by atoms with Crippen LogP contribution in [0.5, 0.6) is 0 Å². The van der Waals surface area contributed by atoms with Crippen LogP contribution in [0.2, 0.25) is 0 Å². The lowest BCUT2D eigenvalue weighted by Gasteiger charge is -2.62. The molecule has 0 nitrogen and oxygen atoms in total. The predicted molar refractivity (Wildman–Crippen MR) is 68.8 cm³/mol. The fourth-order valence-corrected chi connectivity index (χ4v) is 3.70. The van der Waals surface area contributed by atoms with Crippen molar-refractivity contribution in [2.75, 3.05) is 0 Å². The number of hydrogen-bond acceptors (Lipinski definition) is 0. The van der Waals surface area contributed by atoms with Crippen LogP contribution in [0.15, 0.2) is 0 Å². The van der Waals surface area contributed by atoms with E-state index in [4.69, 9.17) is 0 Å². The Morgan fingerprint density at radius 2 is 1.60 bits per heavy atom. The fourth-order valence-electron chi connectivity index (χ4n) is 3.70. The molecule has 4 unspecified atom stereocenters. The molecule has 0 bridgehead atoms. The van der Waals surface area contributed by atoms with Gasteiger partial charge in [0.1, 0.15) is 0 Å². The molecule has 0 spiro atoms. The maximum Gasteiger partial charge on any atom is -0.0241 e. The van der Waals surface area contributed by atoms with Crippen LogP contribution in [-0.4, -0.2) is 0 Å². The summed E-state index contributed by atoms with van der Waals surface area (Å²) in [7, 11) is 0. The summed E-state index contributed by atoms with van der Waals surface area (Å²) in [6.07, 6.45) is 1.41. The predicted octanol–water partition coefficient (Wildman–Crippen LogP) is 4.99. The zero-order chi connectivity index (χ0) is 12.0. The molecule has 15 heavy (non-hydrogen) atoms. The van der Waals surface area contributed by atoms with Crippen molar-refractivity contribution in [1.82, 2.24) is 0 Å². The van der Waals surface area contributed by atoms with Crippen LogP contribution >= 0.6 is 0 Å². The molecule has 1 fully saturated rings. The zero-order valence-corrected chi connectivity index (χ0v) is 12.0. The SMILES string of the molecule is CC(C)C(C)C(C)(C)C1(C)CC(C)C1C. The van der Waals surface area contributed by atoms with Crippen molar-refractivity contribution < 1.29 is 0 Å². The lowest BCUT2D eigenvalue weighted by atomic mass is 9.43. The van der Waals surface area contributed by atoms with Gasteiger partial charge in [-0.1, -0.05) is 55.4 Å². The van der Waals surface area contributed by atoms with Gasteiger partial charge in [-0.25, -0.2) is 0 Å². The van der Waals surface area contributed by atoms with Crippen LogP contribution in [0.25, 0.3) is 0 Å². The molecule has 0 aromatic rings. The van der Waals surface area contributed by atoms with Crippen molar-refractivity contribution in [2.24, 2.45) is 34.5 Å².